The maximum Gasteiger partial charge on any atom is 0.160 e. The summed E-state index contributed by atoms with van der Waals surface area (Å²) in [4.78, 5) is 12.0. The first-order valence-electron chi connectivity index (χ1n) is 8.31. The molecule has 0 saturated carbocycles. The Kier molecular flexibility index (Phi) is 6.83. The fourth-order valence-corrected chi connectivity index (χ4v) is 2.62. The maximum absolute atomic E-state index is 12.0. The van der Waals surface area contributed by atoms with Gasteiger partial charge in [0.2, 0.25) is 0 Å². The van der Waals surface area contributed by atoms with Crippen LogP contribution >= 0.6 is 0 Å². The quantitative estimate of drug-likeness (QED) is 0.651. The predicted octanol–water partition coefficient (Wildman–Crippen LogP) is 2.99. The molecule has 5 nitrogen and oxygen atoms in total. The highest BCUT2D eigenvalue weighted by molar-refractivity contribution is 5.79. The number of aliphatic hydroxyl groups excluding tert-OH is 1. The second-order valence-electron chi connectivity index (χ2n) is 6.11. The Labute approximate surface area is 147 Å². The molecule has 0 aliphatic heterocycles. The molecule has 2 aromatic carbocycles. The number of aryl methyl sites for hydroxylation is 2. The highest BCUT2D eigenvalue weighted by Gasteiger charge is 2.12. The van der Waals surface area contributed by atoms with Crippen molar-refractivity contribution in [3.63, 3.8) is 0 Å². The summed E-state index contributed by atoms with van der Waals surface area (Å²) >= 11 is 0. The van der Waals surface area contributed by atoms with E-state index in [2.05, 4.69) is 0 Å². The summed E-state index contributed by atoms with van der Waals surface area (Å²) in [5, 5.41) is 28.8. The molecule has 25 heavy (non-hydrogen) atoms. The number of ketones is 1. The van der Waals surface area contributed by atoms with Crippen LogP contribution in [-0.2, 0) is 17.6 Å². The van der Waals surface area contributed by atoms with Crippen LogP contribution in [0, 0.1) is 0 Å². The Morgan fingerprint density at radius 1 is 1.04 bits per heavy atom. The first-order valence-corrected chi connectivity index (χ1v) is 8.31. The molecule has 3 N–H and O–H groups in total. The van der Waals surface area contributed by atoms with E-state index in [4.69, 9.17) is 4.74 Å². The van der Waals surface area contributed by atoms with Crippen molar-refractivity contribution in [1.29, 1.82) is 0 Å². The van der Waals surface area contributed by atoms with Crippen LogP contribution in [0.2, 0.25) is 0 Å². The van der Waals surface area contributed by atoms with Crippen molar-refractivity contribution in [2.75, 3.05) is 7.11 Å². The molecule has 0 saturated heterocycles. The Hall–Kier alpha value is -2.53. The van der Waals surface area contributed by atoms with Crippen LogP contribution in [0.15, 0.2) is 42.5 Å². The lowest BCUT2D eigenvalue weighted by molar-refractivity contribution is -0.120. The number of aromatic hydroxyl groups is 2. The molecule has 0 amide bonds. The maximum atomic E-state index is 12.0. The summed E-state index contributed by atoms with van der Waals surface area (Å²) in [7, 11) is 1.48. The lowest BCUT2D eigenvalue weighted by Gasteiger charge is -2.10. The van der Waals surface area contributed by atoms with Crippen molar-refractivity contribution in [2.24, 2.45) is 0 Å². The Bertz CT molecular complexity index is 694. The average Bonchev–Trinajstić information content (AvgIpc) is 2.60. The third kappa shape index (κ3) is 6.12. The minimum atomic E-state index is -0.671. The van der Waals surface area contributed by atoms with Crippen molar-refractivity contribution in [2.45, 2.75) is 38.2 Å². The molecule has 0 spiro atoms. The minimum absolute atomic E-state index is 0.00486. The van der Waals surface area contributed by atoms with E-state index >= 15 is 0 Å². The number of ether oxygens (including phenoxy) is 1. The van der Waals surface area contributed by atoms with Crippen LogP contribution in [-0.4, -0.2) is 34.3 Å². The van der Waals surface area contributed by atoms with Gasteiger partial charge >= 0.3 is 0 Å². The number of hydrogen-bond acceptors (Lipinski definition) is 5. The molecule has 0 aromatic heterocycles. The Morgan fingerprint density at radius 3 is 2.40 bits per heavy atom. The van der Waals surface area contributed by atoms with E-state index in [-0.39, 0.29) is 23.7 Å². The predicted molar refractivity (Wildman–Crippen MR) is 95.0 cm³/mol. The van der Waals surface area contributed by atoms with Gasteiger partial charge in [-0.1, -0.05) is 18.2 Å². The van der Waals surface area contributed by atoms with E-state index < -0.39 is 6.10 Å². The van der Waals surface area contributed by atoms with E-state index in [1.165, 1.54) is 7.11 Å². The highest BCUT2D eigenvalue weighted by Crippen LogP contribution is 2.26. The number of hydrogen-bond donors (Lipinski definition) is 3. The zero-order valence-corrected chi connectivity index (χ0v) is 14.3. The largest absolute Gasteiger partial charge is 0.508 e. The fraction of sp³-hybridized carbons (Fsp3) is 0.350. The summed E-state index contributed by atoms with van der Waals surface area (Å²) in [5.41, 5.74) is 1.92. The SMILES string of the molecule is COc1cc(CCC(=O)C[C@@H](O)CCc2ccc(O)cc2)ccc1O. The zero-order chi connectivity index (χ0) is 18.2. The van der Waals surface area contributed by atoms with Gasteiger partial charge in [0.1, 0.15) is 11.5 Å². The van der Waals surface area contributed by atoms with Crippen molar-refractivity contribution in [3.8, 4) is 17.2 Å². The number of rotatable bonds is 9. The van der Waals surface area contributed by atoms with Gasteiger partial charge in [-0.05, 0) is 54.7 Å². The van der Waals surface area contributed by atoms with Gasteiger partial charge in [0, 0.05) is 12.8 Å². The first-order chi connectivity index (χ1) is 12.0. The monoisotopic (exact) mass is 344 g/mol. The average molecular weight is 344 g/mol. The third-order valence-corrected chi connectivity index (χ3v) is 4.10. The number of methoxy groups -OCH3 is 1. The van der Waals surface area contributed by atoms with Crippen LogP contribution < -0.4 is 4.74 Å². The van der Waals surface area contributed by atoms with E-state index in [9.17, 15) is 20.1 Å². The number of aliphatic hydroxyl groups is 1. The fourth-order valence-electron chi connectivity index (χ4n) is 2.62. The van der Waals surface area contributed by atoms with Crippen LogP contribution in [0.3, 0.4) is 0 Å². The van der Waals surface area contributed by atoms with Gasteiger partial charge < -0.3 is 20.1 Å². The van der Waals surface area contributed by atoms with Crippen LogP contribution in [0.5, 0.6) is 17.2 Å². The van der Waals surface area contributed by atoms with Gasteiger partial charge in [-0.2, -0.15) is 0 Å². The molecule has 0 aliphatic rings. The zero-order valence-electron chi connectivity index (χ0n) is 14.3. The summed E-state index contributed by atoms with van der Waals surface area (Å²) in [6.07, 6.45) is 1.50. The number of phenols is 2. The van der Waals surface area contributed by atoms with Crippen molar-refractivity contribution in [1.82, 2.24) is 0 Å². The lowest BCUT2D eigenvalue weighted by Crippen LogP contribution is -2.14. The molecule has 0 radical (unpaired) electrons. The summed E-state index contributed by atoms with van der Waals surface area (Å²) < 4.78 is 5.05. The normalized spacial score (nSPS) is 11.9. The van der Waals surface area contributed by atoms with Crippen molar-refractivity contribution in [3.05, 3.63) is 53.6 Å². The molecule has 0 unspecified atom stereocenters. The number of Topliss-reactive ketones (excluding diaryl/α,β-unsaturated/α-hetero) is 1. The molecule has 0 fully saturated rings. The number of benzene rings is 2. The molecule has 0 heterocycles. The second kappa shape index (κ2) is 9.08. The third-order valence-electron chi connectivity index (χ3n) is 4.10. The number of phenolic OH excluding ortho intramolecular Hbond substituents is 2. The van der Waals surface area contributed by atoms with Gasteiger partial charge in [0.15, 0.2) is 11.5 Å². The van der Waals surface area contributed by atoms with Crippen LogP contribution in [0.4, 0.5) is 0 Å². The molecule has 134 valence electrons. The van der Waals surface area contributed by atoms with Crippen LogP contribution in [0.25, 0.3) is 0 Å². The standard InChI is InChI=1S/C20H24O5/c1-25-20-12-15(6-11-19(20)24)5-10-18(23)13-17(22)9-4-14-2-7-16(21)8-3-14/h2-3,6-8,11-12,17,21-22,24H,4-5,9-10,13H2,1H3/t17-/m0/s1. The number of carbonyl (C=O) groups excluding carboxylic acids is 1. The molecule has 1 atom stereocenters. The molecular weight excluding hydrogens is 320 g/mol. The summed E-state index contributed by atoms with van der Waals surface area (Å²) in [6, 6.07) is 11.9. The molecule has 2 aromatic rings. The van der Waals surface area contributed by atoms with Gasteiger partial charge in [-0.3, -0.25) is 4.79 Å². The molecule has 0 bridgehead atoms. The van der Waals surface area contributed by atoms with E-state index in [1.807, 2.05) is 12.1 Å². The van der Waals surface area contributed by atoms with E-state index in [0.29, 0.717) is 31.4 Å². The molecule has 0 aliphatic carbocycles. The number of carbonyl (C=O) groups is 1. The minimum Gasteiger partial charge on any atom is -0.508 e. The van der Waals surface area contributed by atoms with E-state index in [1.54, 1.807) is 30.3 Å². The topological polar surface area (TPSA) is 87.0 Å². The Morgan fingerprint density at radius 2 is 1.72 bits per heavy atom. The van der Waals surface area contributed by atoms with Crippen molar-refractivity contribution >= 4 is 5.78 Å². The first kappa shape index (κ1) is 18.8. The van der Waals surface area contributed by atoms with Crippen molar-refractivity contribution < 1.29 is 24.9 Å². The smallest absolute Gasteiger partial charge is 0.160 e. The lowest BCUT2D eigenvalue weighted by atomic mass is 10.00. The highest BCUT2D eigenvalue weighted by atomic mass is 16.5. The second-order valence-corrected chi connectivity index (χ2v) is 6.11. The molecule has 5 heteroatoms. The summed E-state index contributed by atoms with van der Waals surface area (Å²) in [5.74, 6) is 0.677. The molecule has 2 rings (SSSR count). The summed E-state index contributed by atoms with van der Waals surface area (Å²) in [6.45, 7) is 0. The van der Waals surface area contributed by atoms with Gasteiger partial charge in [-0.15, -0.1) is 0 Å². The van der Waals surface area contributed by atoms with Crippen LogP contribution in [0.1, 0.15) is 30.4 Å². The Balaban J connectivity index is 1.74. The van der Waals surface area contributed by atoms with Gasteiger partial charge in [0.05, 0.1) is 13.2 Å². The van der Waals surface area contributed by atoms with Gasteiger partial charge in [-0.25, -0.2) is 0 Å². The molecular formula is C20H24O5. The van der Waals surface area contributed by atoms with Gasteiger partial charge in [0.25, 0.3) is 0 Å². The van der Waals surface area contributed by atoms with E-state index in [0.717, 1.165) is 11.1 Å².